The van der Waals surface area contributed by atoms with Crippen LogP contribution in [0.4, 0.5) is 8.78 Å². The van der Waals surface area contributed by atoms with Crippen molar-refractivity contribution in [2.75, 3.05) is 0 Å². The van der Waals surface area contributed by atoms with Crippen LogP contribution in [-0.2, 0) is 9.53 Å². The third-order valence-corrected chi connectivity index (χ3v) is 3.98. The molecular weight excluding hydrogens is 348 g/mol. The standard InChI is InChI=1S/C22H17F2NO2/c1-15(16-8-10-18(23)11-9-16)13-21(26)27-22(20-7-2-3-12-25-20)17-5-4-6-19(24)14-17/h2-14,22H,1H3/b15-13+. The molecule has 0 saturated heterocycles. The second-order valence-electron chi connectivity index (χ2n) is 5.96. The van der Waals surface area contributed by atoms with Crippen molar-refractivity contribution < 1.29 is 18.3 Å². The molecule has 2 aromatic carbocycles. The van der Waals surface area contributed by atoms with Gasteiger partial charge in [-0.05, 0) is 54.5 Å². The molecule has 0 radical (unpaired) electrons. The lowest BCUT2D eigenvalue weighted by Crippen LogP contribution is -2.12. The number of carbonyl (C=O) groups is 1. The predicted octanol–water partition coefficient (Wildman–Crippen LogP) is 5.10. The van der Waals surface area contributed by atoms with E-state index in [4.69, 9.17) is 4.74 Å². The van der Waals surface area contributed by atoms with E-state index in [0.29, 0.717) is 22.4 Å². The van der Waals surface area contributed by atoms with Crippen LogP contribution in [0.15, 0.2) is 79.0 Å². The molecule has 0 amide bonds. The number of pyridine rings is 1. The van der Waals surface area contributed by atoms with E-state index in [9.17, 15) is 13.6 Å². The summed E-state index contributed by atoms with van der Waals surface area (Å²) in [5.74, 6) is -1.38. The SMILES string of the molecule is C/C(=C\C(=O)OC(c1cccc(F)c1)c1ccccn1)c1ccc(F)cc1. The van der Waals surface area contributed by atoms with Gasteiger partial charge in [0.25, 0.3) is 0 Å². The van der Waals surface area contributed by atoms with E-state index in [1.54, 1.807) is 55.6 Å². The summed E-state index contributed by atoms with van der Waals surface area (Å²) in [7, 11) is 0. The molecule has 1 aromatic heterocycles. The van der Waals surface area contributed by atoms with E-state index in [-0.39, 0.29) is 5.82 Å². The number of carbonyl (C=O) groups excluding carboxylic acids is 1. The Balaban J connectivity index is 1.86. The van der Waals surface area contributed by atoms with Crippen LogP contribution in [-0.4, -0.2) is 11.0 Å². The van der Waals surface area contributed by atoms with Crippen LogP contribution in [0.2, 0.25) is 0 Å². The van der Waals surface area contributed by atoms with Gasteiger partial charge in [0.1, 0.15) is 11.6 Å². The van der Waals surface area contributed by atoms with Crippen molar-refractivity contribution in [1.29, 1.82) is 0 Å². The Hall–Kier alpha value is -3.34. The Kier molecular flexibility index (Phi) is 5.71. The molecule has 3 rings (SSSR count). The molecule has 1 atom stereocenters. The van der Waals surface area contributed by atoms with Gasteiger partial charge in [-0.15, -0.1) is 0 Å². The van der Waals surface area contributed by atoms with Gasteiger partial charge in [-0.2, -0.15) is 0 Å². The first-order valence-electron chi connectivity index (χ1n) is 8.34. The summed E-state index contributed by atoms with van der Waals surface area (Å²) < 4.78 is 32.3. The van der Waals surface area contributed by atoms with Crippen LogP contribution in [0.3, 0.4) is 0 Å². The van der Waals surface area contributed by atoms with E-state index >= 15 is 0 Å². The zero-order chi connectivity index (χ0) is 19.2. The van der Waals surface area contributed by atoms with Crippen LogP contribution in [0, 0.1) is 11.6 Å². The molecule has 3 nitrogen and oxygen atoms in total. The van der Waals surface area contributed by atoms with E-state index < -0.39 is 17.9 Å². The Morgan fingerprint density at radius 1 is 1.00 bits per heavy atom. The Morgan fingerprint density at radius 3 is 2.44 bits per heavy atom. The first kappa shape index (κ1) is 18.5. The van der Waals surface area contributed by atoms with Crippen molar-refractivity contribution in [1.82, 2.24) is 4.98 Å². The molecule has 5 heteroatoms. The van der Waals surface area contributed by atoms with Crippen molar-refractivity contribution in [3.63, 3.8) is 0 Å². The number of halogens is 2. The number of allylic oxidation sites excluding steroid dienone is 1. The van der Waals surface area contributed by atoms with E-state index in [1.165, 1.54) is 30.3 Å². The van der Waals surface area contributed by atoms with E-state index in [2.05, 4.69) is 4.98 Å². The summed E-state index contributed by atoms with van der Waals surface area (Å²) in [4.78, 5) is 16.7. The molecule has 0 fully saturated rings. The van der Waals surface area contributed by atoms with Gasteiger partial charge in [0.2, 0.25) is 0 Å². The molecule has 0 spiro atoms. The molecule has 136 valence electrons. The zero-order valence-electron chi connectivity index (χ0n) is 14.6. The average molecular weight is 365 g/mol. The van der Waals surface area contributed by atoms with Crippen LogP contribution in [0.1, 0.15) is 29.8 Å². The number of nitrogens with zero attached hydrogens (tertiary/aromatic N) is 1. The van der Waals surface area contributed by atoms with Crippen LogP contribution in [0.5, 0.6) is 0 Å². The number of ether oxygens (including phenoxy) is 1. The third-order valence-electron chi connectivity index (χ3n) is 3.98. The summed E-state index contributed by atoms with van der Waals surface area (Å²) in [5, 5.41) is 0. The highest BCUT2D eigenvalue weighted by Gasteiger charge is 2.20. The van der Waals surface area contributed by atoms with Crippen molar-refractivity contribution in [2.24, 2.45) is 0 Å². The number of hydrogen-bond acceptors (Lipinski definition) is 3. The summed E-state index contributed by atoms with van der Waals surface area (Å²) in [6.07, 6.45) is 2.06. The molecule has 0 N–H and O–H groups in total. The topological polar surface area (TPSA) is 39.2 Å². The monoisotopic (exact) mass is 365 g/mol. The second kappa shape index (κ2) is 8.36. The highest BCUT2D eigenvalue weighted by atomic mass is 19.1. The number of aromatic nitrogens is 1. The summed E-state index contributed by atoms with van der Waals surface area (Å²) in [5.41, 5.74) is 2.30. The van der Waals surface area contributed by atoms with Gasteiger partial charge in [-0.1, -0.05) is 30.3 Å². The third kappa shape index (κ3) is 4.85. The fraction of sp³-hybridized carbons (Fsp3) is 0.0909. The normalized spacial score (nSPS) is 12.5. The number of rotatable bonds is 5. The molecule has 0 aliphatic carbocycles. The number of hydrogen-bond donors (Lipinski definition) is 0. The lowest BCUT2D eigenvalue weighted by molar-refractivity contribution is -0.141. The van der Waals surface area contributed by atoms with E-state index in [1.807, 2.05) is 0 Å². The Labute approximate surface area is 156 Å². The highest BCUT2D eigenvalue weighted by molar-refractivity contribution is 5.91. The molecule has 27 heavy (non-hydrogen) atoms. The quantitative estimate of drug-likeness (QED) is 0.467. The van der Waals surface area contributed by atoms with Gasteiger partial charge in [-0.25, -0.2) is 13.6 Å². The van der Waals surface area contributed by atoms with Crippen molar-refractivity contribution in [3.8, 4) is 0 Å². The van der Waals surface area contributed by atoms with Gasteiger partial charge in [0.05, 0.1) is 5.69 Å². The van der Waals surface area contributed by atoms with Gasteiger partial charge < -0.3 is 4.74 Å². The molecule has 0 aliphatic heterocycles. The van der Waals surface area contributed by atoms with Gasteiger partial charge >= 0.3 is 5.97 Å². The fourth-order valence-electron chi connectivity index (χ4n) is 2.62. The number of benzene rings is 2. The molecule has 3 aromatic rings. The molecule has 1 heterocycles. The minimum Gasteiger partial charge on any atom is -0.448 e. The van der Waals surface area contributed by atoms with E-state index in [0.717, 1.165) is 0 Å². The minimum absolute atomic E-state index is 0.351. The van der Waals surface area contributed by atoms with Crippen LogP contribution in [0.25, 0.3) is 5.57 Å². The second-order valence-corrected chi connectivity index (χ2v) is 5.96. The Morgan fingerprint density at radius 2 is 1.78 bits per heavy atom. The molecule has 0 bridgehead atoms. The molecule has 0 aliphatic rings. The van der Waals surface area contributed by atoms with Gasteiger partial charge in [0.15, 0.2) is 6.10 Å². The maximum Gasteiger partial charge on any atom is 0.332 e. The van der Waals surface area contributed by atoms with Crippen molar-refractivity contribution in [2.45, 2.75) is 13.0 Å². The summed E-state index contributed by atoms with van der Waals surface area (Å²) in [6.45, 7) is 1.73. The summed E-state index contributed by atoms with van der Waals surface area (Å²) >= 11 is 0. The Bertz CT molecular complexity index is 954. The lowest BCUT2D eigenvalue weighted by Gasteiger charge is -2.17. The maximum atomic E-state index is 13.6. The molecule has 0 saturated carbocycles. The fourth-order valence-corrected chi connectivity index (χ4v) is 2.62. The average Bonchev–Trinajstić information content (AvgIpc) is 2.67. The maximum absolute atomic E-state index is 13.6. The van der Waals surface area contributed by atoms with Gasteiger partial charge in [0, 0.05) is 17.8 Å². The first-order valence-corrected chi connectivity index (χ1v) is 8.34. The van der Waals surface area contributed by atoms with Crippen LogP contribution >= 0.6 is 0 Å². The summed E-state index contributed by atoms with van der Waals surface area (Å²) in [6, 6.07) is 16.9. The van der Waals surface area contributed by atoms with Crippen LogP contribution < -0.4 is 0 Å². The predicted molar refractivity (Wildman–Crippen MR) is 98.6 cm³/mol. The van der Waals surface area contributed by atoms with Gasteiger partial charge in [-0.3, -0.25) is 4.98 Å². The highest BCUT2D eigenvalue weighted by Crippen LogP contribution is 2.26. The molecular formula is C22H17F2NO2. The lowest BCUT2D eigenvalue weighted by atomic mass is 10.1. The smallest absolute Gasteiger partial charge is 0.332 e. The molecule has 1 unspecified atom stereocenters. The van der Waals surface area contributed by atoms with Crippen molar-refractivity contribution in [3.05, 3.63) is 107 Å². The first-order chi connectivity index (χ1) is 13.0. The number of esters is 1. The largest absolute Gasteiger partial charge is 0.448 e. The van der Waals surface area contributed by atoms with Crippen molar-refractivity contribution >= 4 is 11.5 Å². The zero-order valence-corrected chi connectivity index (χ0v) is 14.6. The minimum atomic E-state index is -0.841.